The van der Waals surface area contributed by atoms with E-state index in [0.29, 0.717) is 25.1 Å². The lowest BCUT2D eigenvalue weighted by Crippen LogP contribution is -2.31. The number of allylic oxidation sites excluding steroid dienone is 1. The zero-order valence-electron chi connectivity index (χ0n) is 22.1. The first-order valence-electron chi connectivity index (χ1n) is 11.9. The summed E-state index contributed by atoms with van der Waals surface area (Å²) < 4.78 is 1.75. The first kappa shape index (κ1) is 34.6. The van der Waals surface area contributed by atoms with E-state index in [0.717, 1.165) is 41.0 Å². The number of unbranched alkanes of at least 4 members (excludes halogenated alkanes) is 1. The highest BCUT2D eigenvalue weighted by Gasteiger charge is 2.24. The second kappa shape index (κ2) is 18.7. The monoisotopic (exact) mass is 498 g/mol. The molecule has 0 unspecified atom stereocenters. The van der Waals surface area contributed by atoms with Crippen molar-refractivity contribution >= 4 is 17.7 Å². The maximum Gasteiger partial charge on any atom is 0.303 e. The summed E-state index contributed by atoms with van der Waals surface area (Å²) in [5.74, 6) is 0.0661. The van der Waals surface area contributed by atoms with E-state index < -0.39 is 5.97 Å². The quantitative estimate of drug-likeness (QED) is 0.339. The number of rotatable bonds is 6. The molecule has 0 saturated heterocycles. The number of carboxylic acid groups (broad SMARTS) is 1. The maximum absolute atomic E-state index is 13.1. The number of amides is 1. The number of carbonyl (C=O) groups is 2. The molecule has 2 N–H and O–H groups in total. The number of aryl methyl sites for hydroxylation is 3. The van der Waals surface area contributed by atoms with Crippen molar-refractivity contribution in [3.05, 3.63) is 84.7 Å². The van der Waals surface area contributed by atoms with Crippen LogP contribution >= 0.6 is 0 Å². The van der Waals surface area contributed by atoms with Gasteiger partial charge in [-0.1, -0.05) is 40.0 Å². The molecule has 0 fully saturated rings. The van der Waals surface area contributed by atoms with Crippen molar-refractivity contribution in [2.24, 2.45) is 7.05 Å². The van der Waals surface area contributed by atoms with Crippen molar-refractivity contribution in [3.8, 4) is 0 Å². The fourth-order valence-corrected chi connectivity index (χ4v) is 3.49. The minimum atomic E-state index is -0.761. The first-order chi connectivity index (χ1) is 16.8. The molecule has 1 aromatic heterocycles. The molecule has 2 aromatic rings. The Balaban J connectivity index is 0. The van der Waals surface area contributed by atoms with Gasteiger partial charge in [-0.05, 0) is 56.4 Å². The molecule has 0 atom stereocenters. The highest BCUT2D eigenvalue weighted by molar-refractivity contribution is 5.95. The summed E-state index contributed by atoms with van der Waals surface area (Å²) in [6.45, 7) is 22.2. The normalized spacial score (nSPS) is 11.2. The van der Waals surface area contributed by atoms with Crippen LogP contribution < -0.4 is 5.32 Å². The number of aliphatic carboxylic acids is 1. The van der Waals surface area contributed by atoms with Crippen LogP contribution in [-0.4, -0.2) is 38.2 Å². The minimum absolute atomic E-state index is 0. The van der Waals surface area contributed by atoms with Crippen molar-refractivity contribution in [3.63, 3.8) is 0 Å². The third-order valence-electron chi connectivity index (χ3n) is 5.02. The Kier molecular flexibility index (Phi) is 17.9. The highest BCUT2D eigenvalue weighted by Crippen LogP contribution is 2.24. The zero-order valence-corrected chi connectivity index (χ0v) is 22.1. The summed E-state index contributed by atoms with van der Waals surface area (Å²) in [6.07, 6.45) is 6.01. The number of carboxylic acids is 1. The summed E-state index contributed by atoms with van der Waals surface area (Å²) in [5.41, 5.74) is 4.56. The lowest BCUT2D eigenvalue weighted by atomic mass is 9.99. The van der Waals surface area contributed by atoms with Crippen LogP contribution in [0.1, 0.15) is 74.5 Å². The van der Waals surface area contributed by atoms with Gasteiger partial charge in [0.1, 0.15) is 5.82 Å². The van der Waals surface area contributed by atoms with Crippen molar-refractivity contribution < 1.29 is 14.7 Å². The van der Waals surface area contributed by atoms with Crippen LogP contribution in [-0.2, 0) is 24.8 Å². The fraction of sp³-hybridized carbons (Fsp3) is 0.414. The molecular weight excluding hydrogens is 452 g/mol. The molecule has 36 heavy (non-hydrogen) atoms. The zero-order chi connectivity index (χ0) is 27.0. The lowest BCUT2D eigenvalue weighted by Gasteiger charge is -2.21. The molecule has 1 aromatic carbocycles. The Bertz CT molecular complexity index is 979. The fourth-order valence-electron chi connectivity index (χ4n) is 3.49. The Labute approximate surface area is 218 Å². The number of nitrogens with one attached hydrogen (secondary N) is 1. The van der Waals surface area contributed by atoms with Crippen LogP contribution in [0.5, 0.6) is 0 Å². The van der Waals surface area contributed by atoms with Crippen LogP contribution in [0.2, 0.25) is 0 Å². The summed E-state index contributed by atoms with van der Waals surface area (Å²) in [7, 11) is 1.86. The molecule has 200 valence electrons. The Hall–Kier alpha value is -3.61. The summed E-state index contributed by atoms with van der Waals surface area (Å²) >= 11 is 0. The second-order valence-corrected chi connectivity index (χ2v) is 7.68. The van der Waals surface area contributed by atoms with Crippen LogP contribution in [0, 0.1) is 6.92 Å². The molecule has 0 aliphatic carbocycles. The van der Waals surface area contributed by atoms with E-state index in [1.807, 2.05) is 52.9 Å². The van der Waals surface area contributed by atoms with E-state index >= 15 is 0 Å². The second-order valence-electron chi connectivity index (χ2n) is 7.68. The number of aromatic nitrogens is 2. The molecule has 1 aliphatic rings. The van der Waals surface area contributed by atoms with Crippen molar-refractivity contribution in [2.45, 2.75) is 67.3 Å². The van der Waals surface area contributed by atoms with Gasteiger partial charge in [0, 0.05) is 30.3 Å². The van der Waals surface area contributed by atoms with Gasteiger partial charge in [-0.15, -0.1) is 19.7 Å². The average molecular weight is 499 g/mol. The molecule has 1 amide bonds. The molecule has 0 radical (unpaired) electrons. The Morgan fingerprint density at radius 2 is 1.81 bits per heavy atom. The SMILES string of the molecule is C.C=C.C=C1CN(C(=O)c2ccc(CCCCC(=O)O)c(C)c2)Cc2cnn(C)c2N1.C=CC.CC. The van der Waals surface area contributed by atoms with Crippen LogP contribution in [0.15, 0.2) is 62.5 Å². The van der Waals surface area contributed by atoms with Crippen LogP contribution in [0.25, 0.3) is 0 Å². The summed E-state index contributed by atoms with van der Waals surface area (Å²) in [5, 5.41) is 16.2. The number of anilines is 1. The Morgan fingerprint density at radius 1 is 1.19 bits per heavy atom. The molecule has 2 heterocycles. The van der Waals surface area contributed by atoms with Gasteiger partial charge in [0.05, 0.1) is 19.3 Å². The van der Waals surface area contributed by atoms with Gasteiger partial charge >= 0.3 is 5.97 Å². The number of carbonyl (C=O) groups excluding carboxylic acids is 1. The van der Waals surface area contributed by atoms with E-state index in [-0.39, 0.29) is 19.8 Å². The maximum atomic E-state index is 13.1. The van der Waals surface area contributed by atoms with Gasteiger partial charge in [0.25, 0.3) is 5.91 Å². The topological polar surface area (TPSA) is 87.5 Å². The Morgan fingerprint density at radius 3 is 2.36 bits per heavy atom. The van der Waals surface area contributed by atoms with E-state index in [4.69, 9.17) is 5.11 Å². The highest BCUT2D eigenvalue weighted by atomic mass is 16.4. The van der Waals surface area contributed by atoms with Gasteiger partial charge in [-0.3, -0.25) is 14.3 Å². The largest absolute Gasteiger partial charge is 0.481 e. The lowest BCUT2D eigenvalue weighted by molar-refractivity contribution is -0.137. The predicted molar refractivity (Wildman–Crippen MR) is 152 cm³/mol. The third-order valence-corrected chi connectivity index (χ3v) is 5.02. The van der Waals surface area contributed by atoms with E-state index in [1.165, 1.54) is 0 Å². The standard InChI is InChI=1S/C21H26N4O3.C3H6.C2H6.C2H4.CH4/c1-14-10-17(9-8-16(14)6-4-5-7-19(26)27)21(28)25-12-15(2)23-20-18(13-25)11-22-24(20)3;1-3-2;2*1-2;/h8-11,23H,2,4-7,12-13H2,1,3H3,(H,26,27);3H,1H2,2H3;1-2H3;1-2H2;1H4. The van der Waals surface area contributed by atoms with Gasteiger partial charge in [-0.25, -0.2) is 0 Å². The molecule has 0 spiro atoms. The van der Waals surface area contributed by atoms with E-state index in [9.17, 15) is 9.59 Å². The first-order valence-corrected chi connectivity index (χ1v) is 11.9. The third kappa shape index (κ3) is 10.8. The van der Waals surface area contributed by atoms with Gasteiger partial charge in [0.2, 0.25) is 0 Å². The van der Waals surface area contributed by atoms with E-state index in [2.05, 4.69) is 36.7 Å². The molecule has 0 bridgehead atoms. The molecule has 1 aliphatic heterocycles. The number of hydrogen-bond acceptors (Lipinski definition) is 4. The van der Waals surface area contributed by atoms with Crippen molar-refractivity contribution in [2.75, 3.05) is 11.9 Å². The molecular formula is C29H46N4O3. The smallest absolute Gasteiger partial charge is 0.303 e. The summed E-state index contributed by atoms with van der Waals surface area (Å²) in [4.78, 5) is 25.5. The summed E-state index contributed by atoms with van der Waals surface area (Å²) in [6, 6.07) is 5.75. The molecule has 7 heteroatoms. The van der Waals surface area contributed by atoms with Crippen LogP contribution in [0.3, 0.4) is 0 Å². The number of hydrogen-bond donors (Lipinski definition) is 2. The molecule has 7 nitrogen and oxygen atoms in total. The van der Waals surface area contributed by atoms with Crippen molar-refractivity contribution in [1.29, 1.82) is 0 Å². The average Bonchev–Trinajstić information content (AvgIpc) is 3.08. The minimum Gasteiger partial charge on any atom is -0.481 e. The van der Waals surface area contributed by atoms with Gasteiger partial charge in [0.15, 0.2) is 0 Å². The molecule has 0 saturated carbocycles. The number of benzene rings is 1. The van der Waals surface area contributed by atoms with Gasteiger partial charge in [-0.2, -0.15) is 5.10 Å². The number of nitrogens with zero attached hydrogens (tertiary/aromatic N) is 3. The predicted octanol–water partition coefficient (Wildman–Crippen LogP) is 6.76. The van der Waals surface area contributed by atoms with Crippen molar-refractivity contribution in [1.82, 2.24) is 14.7 Å². The van der Waals surface area contributed by atoms with Crippen LogP contribution in [0.4, 0.5) is 5.82 Å². The van der Waals surface area contributed by atoms with E-state index in [1.54, 1.807) is 21.9 Å². The molecule has 3 rings (SSSR count). The van der Waals surface area contributed by atoms with Gasteiger partial charge < -0.3 is 15.3 Å². The number of fused-ring (bicyclic) bond motifs is 1.